The van der Waals surface area contributed by atoms with Crippen LogP contribution in [0.5, 0.6) is 0 Å². The van der Waals surface area contributed by atoms with Gasteiger partial charge in [0, 0.05) is 11.1 Å². The molecule has 3 nitrogen and oxygen atoms in total. The first kappa shape index (κ1) is 9.43. The molecule has 0 saturated carbocycles. The SMILES string of the molecule is CNCCc1cnc(-c2ccco2)s1. The van der Waals surface area contributed by atoms with Crippen molar-refractivity contribution in [3.63, 3.8) is 0 Å². The summed E-state index contributed by atoms with van der Waals surface area (Å²) in [6.45, 7) is 0.986. The monoisotopic (exact) mass is 208 g/mol. The zero-order chi connectivity index (χ0) is 9.80. The molecule has 0 radical (unpaired) electrons. The Hall–Kier alpha value is -1.13. The molecule has 0 unspecified atom stereocenters. The third-order valence-corrected chi connectivity index (χ3v) is 2.98. The van der Waals surface area contributed by atoms with E-state index in [1.165, 1.54) is 4.88 Å². The standard InChI is InChI=1S/C10H12N2OS/c1-11-5-4-8-7-12-10(14-8)9-3-2-6-13-9/h2-3,6-7,11H,4-5H2,1H3. The summed E-state index contributed by atoms with van der Waals surface area (Å²) >= 11 is 1.69. The van der Waals surface area contributed by atoms with Crippen LogP contribution >= 0.6 is 11.3 Å². The first-order valence-corrected chi connectivity index (χ1v) is 5.35. The number of furan rings is 1. The molecule has 2 aromatic rings. The molecule has 0 aromatic carbocycles. The Labute approximate surface area is 86.8 Å². The average Bonchev–Trinajstić information content (AvgIpc) is 2.85. The van der Waals surface area contributed by atoms with Gasteiger partial charge in [0.05, 0.1) is 6.26 Å². The molecule has 0 amide bonds. The van der Waals surface area contributed by atoms with E-state index in [0.29, 0.717) is 0 Å². The van der Waals surface area contributed by atoms with Gasteiger partial charge in [0.2, 0.25) is 0 Å². The highest BCUT2D eigenvalue weighted by molar-refractivity contribution is 7.14. The largest absolute Gasteiger partial charge is 0.462 e. The van der Waals surface area contributed by atoms with Crippen LogP contribution in [0.15, 0.2) is 29.0 Å². The quantitative estimate of drug-likeness (QED) is 0.836. The molecule has 14 heavy (non-hydrogen) atoms. The minimum absolute atomic E-state index is 0.853. The molecule has 0 aliphatic heterocycles. The summed E-state index contributed by atoms with van der Waals surface area (Å²) in [4.78, 5) is 5.59. The van der Waals surface area contributed by atoms with Crippen molar-refractivity contribution >= 4 is 11.3 Å². The van der Waals surface area contributed by atoms with E-state index >= 15 is 0 Å². The van der Waals surface area contributed by atoms with Gasteiger partial charge < -0.3 is 9.73 Å². The van der Waals surface area contributed by atoms with E-state index in [4.69, 9.17) is 4.42 Å². The van der Waals surface area contributed by atoms with E-state index < -0.39 is 0 Å². The van der Waals surface area contributed by atoms with Gasteiger partial charge in [0.1, 0.15) is 0 Å². The van der Waals surface area contributed by atoms with Crippen molar-refractivity contribution in [2.45, 2.75) is 6.42 Å². The first-order chi connectivity index (χ1) is 6.90. The van der Waals surface area contributed by atoms with Crippen LogP contribution in [0.4, 0.5) is 0 Å². The highest BCUT2D eigenvalue weighted by Crippen LogP contribution is 2.25. The highest BCUT2D eigenvalue weighted by atomic mass is 32.1. The van der Waals surface area contributed by atoms with Crippen LogP contribution in [-0.4, -0.2) is 18.6 Å². The number of hydrogen-bond donors (Lipinski definition) is 1. The maximum absolute atomic E-state index is 5.27. The molecule has 0 spiro atoms. The van der Waals surface area contributed by atoms with Gasteiger partial charge in [0.15, 0.2) is 10.8 Å². The maximum Gasteiger partial charge on any atom is 0.162 e. The van der Waals surface area contributed by atoms with Crippen LogP contribution in [-0.2, 0) is 6.42 Å². The molecule has 2 rings (SSSR count). The molecule has 1 N–H and O–H groups in total. The zero-order valence-corrected chi connectivity index (χ0v) is 8.80. The van der Waals surface area contributed by atoms with E-state index in [1.54, 1.807) is 17.6 Å². The Morgan fingerprint density at radius 3 is 3.21 bits per heavy atom. The van der Waals surface area contributed by atoms with Crippen LogP contribution in [0.2, 0.25) is 0 Å². The normalized spacial score (nSPS) is 10.6. The van der Waals surface area contributed by atoms with Gasteiger partial charge in [-0.15, -0.1) is 11.3 Å². The predicted octanol–water partition coefficient (Wildman–Crippen LogP) is 2.17. The molecule has 0 saturated heterocycles. The Morgan fingerprint density at radius 1 is 1.57 bits per heavy atom. The molecule has 4 heteroatoms. The average molecular weight is 208 g/mol. The van der Waals surface area contributed by atoms with Crippen molar-refractivity contribution in [2.24, 2.45) is 0 Å². The van der Waals surface area contributed by atoms with Crippen LogP contribution < -0.4 is 5.32 Å². The molecule has 0 aliphatic carbocycles. The molecule has 74 valence electrons. The van der Waals surface area contributed by atoms with E-state index in [2.05, 4.69) is 10.3 Å². The third kappa shape index (κ3) is 2.02. The van der Waals surface area contributed by atoms with Gasteiger partial charge in [-0.25, -0.2) is 4.98 Å². The lowest BCUT2D eigenvalue weighted by molar-refractivity contribution is 0.582. The van der Waals surface area contributed by atoms with Gasteiger partial charge in [-0.2, -0.15) is 0 Å². The molecular weight excluding hydrogens is 196 g/mol. The van der Waals surface area contributed by atoms with Crippen molar-refractivity contribution in [3.8, 4) is 10.8 Å². The summed E-state index contributed by atoms with van der Waals surface area (Å²) in [7, 11) is 1.95. The number of likely N-dealkylation sites (N-methyl/N-ethyl adjacent to an activating group) is 1. The fourth-order valence-corrected chi connectivity index (χ4v) is 2.07. The van der Waals surface area contributed by atoms with Crippen molar-refractivity contribution in [1.29, 1.82) is 0 Å². The Morgan fingerprint density at radius 2 is 2.50 bits per heavy atom. The summed E-state index contributed by atoms with van der Waals surface area (Å²) < 4.78 is 5.27. The summed E-state index contributed by atoms with van der Waals surface area (Å²) in [5, 5.41) is 4.08. The van der Waals surface area contributed by atoms with Crippen molar-refractivity contribution in [3.05, 3.63) is 29.5 Å². The number of thiazole rings is 1. The van der Waals surface area contributed by atoms with Gasteiger partial charge in [0.25, 0.3) is 0 Å². The molecular formula is C10H12N2OS. The summed E-state index contributed by atoms with van der Waals surface area (Å²) in [6.07, 6.45) is 4.61. The highest BCUT2D eigenvalue weighted by Gasteiger charge is 2.05. The van der Waals surface area contributed by atoms with Gasteiger partial charge in [-0.3, -0.25) is 0 Å². The molecule has 2 aromatic heterocycles. The van der Waals surface area contributed by atoms with E-state index in [0.717, 1.165) is 23.7 Å². The number of aromatic nitrogens is 1. The lowest BCUT2D eigenvalue weighted by Gasteiger charge is -1.92. The number of hydrogen-bond acceptors (Lipinski definition) is 4. The van der Waals surface area contributed by atoms with Crippen molar-refractivity contribution in [1.82, 2.24) is 10.3 Å². The zero-order valence-electron chi connectivity index (χ0n) is 7.99. The second-order valence-corrected chi connectivity index (χ2v) is 4.08. The van der Waals surface area contributed by atoms with Gasteiger partial charge >= 0.3 is 0 Å². The fraction of sp³-hybridized carbons (Fsp3) is 0.300. The lowest BCUT2D eigenvalue weighted by atomic mass is 10.4. The molecule has 0 atom stereocenters. The molecule has 2 heterocycles. The molecule has 0 fully saturated rings. The number of nitrogens with one attached hydrogen (secondary N) is 1. The molecule has 0 aliphatic rings. The molecule has 0 bridgehead atoms. The lowest BCUT2D eigenvalue weighted by Crippen LogP contribution is -2.09. The van der Waals surface area contributed by atoms with Crippen molar-refractivity contribution < 1.29 is 4.42 Å². The second kappa shape index (κ2) is 4.39. The summed E-state index contributed by atoms with van der Waals surface area (Å²) in [5.74, 6) is 0.853. The van der Waals surface area contributed by atoms with Crippen LogP contribution in [0.3, 0.4) is 0 Å². The van der Waals surface area contributed by atoms with Crippen molar-refractivity contribution in [2.75, 3.05) is 13.6 Å². The predicted molar refractivity (Wildman–Crippen MR) is 57.4 cm³/mol. The van der Waals surface area contributed by atoms with Gasteiger partial charge in [-0.1, -0.05) is 0 Å². The smallest absolute Gasteiger partial charge is 0.162 e. The van der Waals surface area contributed by atoms with Crippen LogP contribution in [0.1, 0.15) is 4.88 Å². The minimum Gasteiger partial charge on any atom is -0.462 e. The fourth-order valence-electron chi connectivity index (χ4n) is 1.19. The Bertz CT molecular complexity index is 380. The minimum atomic E-state index is 0.853. The van der Waals surface area contributed by atoms with Crippen LogP contribution in [0, 0.1) is 0 Å². The maximum atomic E-state index is 5.27. The second-order valence-electron chi connectivity index (χ2n) is 2.96. The Kier molecular flexibility index (Phi) is 2.96. The Balaban J connectivity index is 2.10. The summed E-state index contributed by atoms with van der Waals surface area (Å²) in [5.41, 5.74) is 0. The van der Waals surface area contributed by atoms with E-state index in [9.17, 15) is 0 Å². The van der Waals surface area contributed by atoms with Gasteiger partial charge in [-0.05, 0) is 32.1 Å². The van der Waals surface area contributed by atoms with Crippen LogP contribution in [0.25, 0.3) is 10.8 Å². The third-order valence-electron chi connectivity index (χ3n) is 1.91. The summed E-state index contributed by atoms with van der Waals surface area (Å²) in [6, 6.07) is 3.81. The topological polar surface area (TPSA) is 38.1 Å². The number of rotatable bonds is 4. The van der Waals surface area contributed by atoms with E-state index in [-0.39, 0.29) is 0 Å². The number of nitrogens with zero attached hydrogens (tertiary/aromatic N) is 1. The van der Waals surface area contributed by atoms with E-state index in [1.807, 2.05) is 25.4 Å². The first-order valence-electron chi connectivity index (χ1n) is 4.53.